The van der Waals surface area contributed by atoms with Crippen LogP contribution in [0.3, 0.4) is 0 Å². The van der Waals surface area contributed by atoms with Crippen molar-refractivity contribution in [1.82, 2.24) is 9.55 Å². The molecule has 0 radical (unpaired) electrons. The quantitative estimate of drug-likeness (QED) is 0.596. The highest BCUT2D eigenvalue weighted by Gasteiger charge is 2.30. The highest BCUT2D eigenvalue weighted by molar-refractivity contribution is 5.85. The summed E-state index contributed by atoms with van der Waals surface area (Å²) in [6.45, 7) is 3.06. The van der Waals surface area contributed by atoms with Gasteiger partial charge in [0.2, 0.25) is 0 Å². The van der Waals surface area contributed by atoms with Crippen LogP contribution in [0.15, 0.2) is 65.7 Å². The summed E-state index contributed by atoms with van der Waals surface area (Å²) in [7, 11) is 0. The number of fused-ring (bicyclic) bond motifs is 1. The fourth-order valence-corrected chi connectivity index (χ4v) is 4.30. The molecule has 0 N–H and O–H groups in total. The van der Waals surface area contributed by atoms with Crippen molar-refractivity contribution in [2.75, 3.05) is 31.2 Å². The molecule has 0 unspecified atom stereocenters. The van der Waals surface area contributed by atoms with E-state index >= 15 is 0 Å². The molecular formula is C25H22F3N3O2. The number of hydrogen-bond acceptors (Lipinski definition) is 4. The first kappa shape index (κ1) is 21.5. The third kappa shape index (κ3) is 4.43. The average Bonchev–Trinajstić information content (AvgIpc) is 3.24. The maximum absolute atomic E-state index is 13.0. The molecule has 1 fully saturated rings. The second-order valence-corrected chi connectivity index (χ2v) is 8.19. The summed E-state index contributed by atoms with van der Waals surface area (Å²) in [6.07, 6.45) is 1.86. The van der Waals surface area contributed by atoms with Gasteiger partial charge >= 0.3 is 6.18 Å². The molecule has 0 atom stereocenters. The zero-order valence-corrected chi connectivity index (χ0v) is 17.8. The number of morpholine rings is 1. The summed E-state index contributed by atoms with van der Waals surface area (Å²) in [6, 6.07) is 10.5. The molecule has 3 aromatic rings. The monoisotopic (exact) mass is 453 g/mol. The Labute approximate surface area is 188 Å². The normalized spacial score (nSPS) is 16.0. The summed E-state index contributed by atoms with van der Waals surface area (Å²) in [5.74, 6) is 0. The molecule has 0 bridgehead atoms. The van der Waals surface area contributed by atoms with Crippen LogP contribution in [0.2, 0.25) is 0 Å². The van der Waals surface area contributed by atoms with E-state index in [1.54, 1.807) is 12.3 Å². The minimum absolute atomic E-state index is 0.0708. The summed E-state index contributed by atoms with van der Waals surface area (Å²) in [5, 5.41) is 0. The molecule has 1 aliphatic heterocycles. The fourth-order valence-electron chi connectivity index (χ4n) is 4.30. The van der Waals surface area contributed by atoms with Gasteiger partial charge < -0.3 is 14.2 Å². The Morgan fingerprint density at radius 1 is 1.06 bits per heavy atom. The number of alkyl halides is 3. The van der Waals surface area contributed by atoms with Gasteiger partial charge in [0, 0.05) is 37.3 Å². The number of hydrogen-bond donors (Lipinski definition) is 0. The van der Waals surface area contributed by atoms with Crippen LogP contribution in [-0.4, -0.2) is 35.9 Å². The Bertz CT molecular complexity index is 1270. The number of aromatic nitrogens is 2. The Hall–Kier alpha value is -3.39. The first-order chi connectivity index (χ1) is 15.9. The average molecular weight is 453 g/mol. The van der Waals surface area contributed by atoms with Crippen molar-refractivity contribution in [3.8, 4) is 0 Å². The van der Waals surface area contributed by atoms with Gasteiger partial charge in [0.1, 0.15) is 0 Å². The number of rotatable bonds is 4. The van der Waals surface area contributed by atoms with Crippen molar-refractivity contribution in [3.05, 3.63) is 99.2 Å². The van der Waals surface area contributed by atoms with Crippen LogP contribution in [0, 0.1) is 0 Å². The van der Waals surface area contributed by atoms with E-state index in [1.165, 1.54) is 16.7 Å². The fraction of sp³-hybridized carbons (Fsp3) is 0.280. The zero-order chi connectivity index (χ0) is 23.0. The lowest BCUT2D eigenvalue weighted by Crippen LogP contribution is -2.36. The number of anilines is 1. The molecule has 0 saturated carbocycles. The van der Waals surface area contributed by atoms with E-state index in [1.807, 2.05) is 12.3 Å². The van der Waals surface area contributed by atoms with Crippen molar-refractivity contribution in [2.24, 2.45) is 0 Å². The first-order valence-electron chi connectivity index (χ1n) is 10.8. The summed E-state index contributed by atoms with van der Waals surface area (Å²) in [5.41, 5.74) is 4.17. The molecule has 3 heterocycles. The molecule has 5 rings (SSSR count). The third-order valence-electron chi connectivity index (χ3n) is 6.04. The van der Waals surface area contributed by atoms with Gasteiger partial charge in [0.25, 0.3) is 5.56 Å². The molecule has 1 saturated heterocycles. The van der Waals surface area contributed by atoms with Crippen molar-refractivity contribution >= 4 is 11.3 Å². The second-order valence-electron chi connectivity index (χ2n) is 8.19. The topological polar surface area (TPSA) is 47.4 Å². The van der Waals surface area contributed by atoms with Crippen LogP contribution in [-0.2, 0) is 23.9 Å². The second kappa shape index (κ2) is 8.51. The van der Waals surface area contributed by atoms with Crippen molar-refractivity contribution in [1.29, 1.82) is 0 Å². The van der Waals surface area contributed by atoms with Gasteiger partial charge in [-0.1, -0.05) is 18.2 Å². The summed E-state index contributed by atoms with van der Waals surface area (Å²) in [4.78, 5) is 19.6. The maximum Gasteiger partial charge on any atom is 0.416 e. The molecule has 0 spiro atoms. The number of benzene rings is 1. The Morgan fingerprint density at radius 3 is 2.64 bits per heavy atom. The van der Waals surface area contributed by atoms with Gasteiger partial charge in [-0.2, -0.15) is 13.2 Å². The molecule has 170 valence electrons. The molecule has 1 aliphatic carbocycles. The standard InChI is InChI=1S/C25H22F3N3O2/c26-25(27,28)19-3-1-2-17(12-19)16-31-7-6-18(13-24(31)32)21-4-5-23-22(21)14-20(15-29-23)30-8-10-33-11-9-30/h1-4,6-7,12-15H,5,8-11,16H2. The first-order valence-corrected chi connectivity index (χ1v) is 10.8. The lowest BCUT2D eigenvalue weighted by atomic mass is 10.0. The molecule has 5 nitrogen and oxygen atoms in total. The number of ether oxygens (including phenoxy) is 1. The Morgan fingerprint density at radius 2 is 1.88 bits per heavy atom. The van der Waals surface area contributed by atoms with Crippen molar-refractivity contribution in [2.45, 2.75) is 19.1 Å². The predicted molar refractivity (Wildman–Crippen MR) is 119 cm³/mol. The number of nitrogens with zero attached hydrogens (tertiary/aromatic N) is 3. The molecule has 1 aromatic carbocycles. The molecule has 0 amide bonds. The molecule has 8 heteroatoms. The van der Waals surface area contributed by atoms with Crippen LogP contribution >= 0.6 is 0 Å². The SMILES string of the molecule is O=c1cc(C2=CCc3ncc(N4CCOCC4)cc32)ccn1Cc1cccc(C(F)(F)F)c1. The van der Waals surface area contributed by atoms with Crippen molar-refractivity contribution < 1.29 is 17.9 Å². The minimum Gasteiger partial charge on any atom is -0.378 e. The van der Waals surface area contributed by atoms with Gasteiger partial charge in [0.15, 0.2) is 0 Å². The zero-order valence-electron chi connectivity index (χ0n) is 17.8. The van der Waals surface area contributed by atoms with E-state index in [0.29, 0.717) is 25.2 Å². The summed E-state index contributed by atoms with van der Waals surface area (Å²) < 4.78 is 45.8. The van der Waals surface area contributed by atoms with Crippen LogP contribution in [0.4, 0.5) is 18.9 Å². The smallest absolute Gasteiger partial charge is 0.378 e. The van der Waals surface area contributed by atoms with Crippen LogP contribution < -0.4 is 10.5 Å². The highest BCUT2D eigenvalue weighted by atomic mass is 19.4. The molecule has 2 aromatic heterocycles. The molecular weight excluding hydrogens is 431 g/mol. The van der Waals surface area contributed by atoms with Gasteiger partial charge in [-0.3, -0.25) is 9.78 Å². The van der Waals surface area contributed by atoms with E-state index in [9.17, 15) is 18.0 Å². The van der Waals surface area contributed by atoms with Crippen LogP contribution in [0.5, 0.6) is 0 Å². The number of halogens is 3. The molecule has 33 heavy (non-hydrogen) atoms. The van der Waals surface area contributed by atoms with Gasteiger partial charge in [0.05, 0.1) is 42.9 Å². The van der Waals surface area contributed by atoms with Gasteiger partial charge in [-0.25, -0.2) is 0 Å². The van der Waals surface area contributed by atoms with E-state index in [-0.39, 0.29) is 12.1 Å². The largest absolute Gasteiger partial charge is 0.416 e. The number of allylic oxidation sites excluding steroid dienone is 1. The summed E-state index contributed by atoms with van der Waals surface area (Å²) >= 11 is 0. The maximum atomic E-state index is 13.0. The van der Waals surface area contributed by atoms with Crippen LogP contribution in [0.25, 0.3) is 5.57 Å². The predicted octanol–water partition coefficient (Wildman–Crippen LogP) is 4.13. The van der Waals surface area contributed by atoms with E-state index in [2.05, 4.69) is 22.0 Å². The number of pyridine rings is 2. The van der Waals surface area contributed by atoms with Gasteiger partial charge in [-0.15, -0.1) is 0 Å². The highest BCUT2D eigenvalue weighted by Crippen LogP contribution is 2.34. The van der Waals surface area contributed by atoms with E-state index in [4.69, 9.17) is 4.74 Å². The Balaban J connectivity index is 1.40. The minimum atomic E-state index is -4.42. The molecule has 2 aliphatic rings. The van der Waals surface area contributed by atoms with Gasteiger partial charge in [-0.05, 0) is 41.0 Å². The third-order valence-corrected chi connectivity index (χ3v) is 6.04. The van der Waals surface area contributed by atoms with Crippen LogP contribution in [0.1, 0.15) is 27.9 Å². The van der Waals surface area contributed by atoms with E-state index < -0.39 is 11.7 Å². The lowest BCUT2D eigenvalue weighted by Gasteiger charge is -2.29. The van der Waals surface area contributed by atoms with Crippen molar-refractivity contribution in [3.63, 3.8) is 0 Å². The van der Waals surface area contributed by atoms with E-state index in [0.717, 1.165) is 53.3 Å². The lowest BCUT2D eigenvalue weighted by molar-refractivity contribution is -0.137. The Kier molecular flexibility index (Phi) is 5.54.